The fraction of sp³-hybridized carbons (Fsp3) is 0.412. The van der Waals surface area contributed by atoms with Gasteiger partial charge in [0.05, 0.1) is 0 Å². The van der Waals surface area contributed by atoms with E-state index in [1.54, 1.807) is 18.2 Å². The molecule has 1 saturated carbocycles. The van der Waals surface area contributed by atoms with Crippen LogP contribution in [0, 0.1) is 12.8 Å². The summed E-state index contributed by atoms with van der Waals surface area (Å²) >= 11 is 0. The Morgan fingerprint density at radius 3 is 2.75 bits per heavy atom. The first kappa shape index (κ1) is 16.2. The molecule has 0 spiro atoms. The van der Waals surface area contributed by atoms with Gasteiger partial charge in [0.2, 0.25) is 0 Å². The molecule has 1 fully saturated rings. The number of nitrogens with zero attached hydrogens (tertiary/aromatic N) is 2. The van der Waals surface area contributed by atoms with E-state index in [2.05, 4.69) is 32.7 Å². The predicted molar refractivity (Wildman–Crippen MR) is 90.1 cm³/mol. The van der Waals surface area contributed by atoms with Crippen molar-refractivity contribution in [2.75, 3.05) is 5.32 Å². The average Bonchev–Trinajstić information content (AvgIpc) is 3.16. The highest BCUT2D eigenvalue weighted by Crippen LogP contribution is 2.24. The van der Waals surface area contributed by atoms with Gasteiger partial charge in [-0.1, -0.05) is 25.5 Å². The van der Waals surface area contributed by atoms with Gasteiger partial charge in [0.1, 0.15) is 5.82 Å². The first-order valence-electron chi connectivity index (χ1n) is 8.14. The van der Waals surface area contributed by atoms with Crippen LogP contribution in [0.15, 0.2) is 24.3 Å². The number of aromatic nitrogens is 3. The van der Waals surface area contributed by atoms with E-state index in [1.165, 1.54) is 0 Å². The van der Waals surface area contributed by atoms with Gasteiger partial charge < -0.3 is 10.6 Å². The molecule has 126 valence electrons. The van der Waals surface area contributed by atoms with Gasteiger partial charge in [-0.2, -0.15) is 5.10 Å². The lowest BCUT2D eigenvalue weighted by atomic mass is 10.1. The van der Waals surface area contributed by atoms with E-state index in [0.717, 1.165) is 24.8 Å². The van der Waals surface area contributed by atoms with Gasteiger partial charge in [0, 0.05) is 17.3 Å². The second-order valence-corrected chi connectivity index (χ2v) is 6.27. The van der Waals surface area contributed by atoms with Crippen LogP contribution in [-0.4, -0.2) is 33.0 Å². The number of hydrogen-bond acceptors (Lipinski definition) is 4. The normalized spacial score (nSPS) is 19.9. The Morgan fingerprint density at radius 1 is 1.25 bits per heavy atom. The maximum atomic E-state index is 12.1. The summed E-state index contributed by atoms with van der Waals surface area (Å²) in [6, 6.07) is 7.19. The van der Waals surface area contributed by atoms with Crippen LogP contribution in [0.3, 0.4) is 0 Å². The molecule has 0 unspecified atom stereocenters. The third kappa shape index (κ3) is 3.61. The summed E-state index contributed by atoms with van der Waals surface area (Å²) in [4.78, 5) is 28.4. The van der Waals surface area contributed by atoms with Crippen LogP contribution in [0.25, 0.3) is 11.4 Å². The number of aryl methyl sites for hydroxylation is 1. The second kappa shape index (κ2) is 6.82. The van der Waals surface area contributed by atoms with Crippen LogP contribution in [0.1, 0.15) is 32.0 Å². The SMILES string of the molecule is Cc1nc(-c2cccc(NC(=O)C(=O)N[C@H]3CCC[C@H]3C)c2)n[nH]1. The van der Waals surface area contributed by atoms with Crippen molar-refractivity contribution in [3.8, 4) is 11.4 Å². The fourth-order valence-corrected chi connectivity index (χ4v) is 2.99. The fourth-order valence-electron chi connectivity index (χ4n) is 2.99. The number of carbonyl (C=O) groups excluding carboxylic acids is 2. The molecule has 24 heavy (non-hydrogen) atoms. The third-order valence-electron chi connectivity index (χ3n) is 4.36. The van der Waals surface area contributed by atoms with Crippen molar-refractivity contribution < 1.29 is 9.59 Å². The van der Waals surface area contributed by atoms with Gasteiger partial charge >= 0.3 is 11.8 Å². The summed E-state index contributed by atoms with van der Waals surface area (Å²) < 4.78 is 0. The summed E-state index contributed by atoms with van der Waals surface area (Å²) in [5, 5.41) is 12.3. The summed E-state index contributed by atoms with van der Waals surface area (Å²) in [7, 11) is 0. The Labute approximate surface area is 140 Å². The Bertz CT molecular complexity index is 755. The average molecular weight is 327 g/mol. The third-order valence-corrected chi connectivity index (χ3v) is 4.36. The van der Waals surface area contributed by atoms with Crippen molar-refractivity contribution >= 4 is 17.5 Å². The number of nitrogens with one attached hydrogen (secondary N) is 3. The van der Waals surface area contributed by atoms with Crippen molar-refractivity contribution in [2.45, 2.75) is 39.2 Å². The number of aromatic amines is 1. The highest BCUT2D eigenvalue weighted by Gasteiger charge is 2.27. The predicted octanol–water partition coefficient (Wildman–Crippen LogP) is 2.02. The van der Waals surface area contributed by atoms with E-state index < -0.39 is 11.8 Å². The lowest BCUT2D eigenvalue weighted by Gasteiger charge is -2.16. The zero-order valence-electron chi connectivity index (χ0n) is 13.8. The topological polar surface area (TPSA) is 99.8 Å². The highest BCUT2D eigenvalue weighted by molar-refractivity contribution is 6.39. The number of H-pyrrole nitrogens is 1. The molecule has 1 aromatic carbocycles. The van der Waals surface area contributed by atoms with E-state index >= 15 is 0 Å². The van der Waals surface area contributed by atoms with Gasteiger partial charge in [0.25, 0.3) is 0 Å². The molecule has 2 amide bonds. The molecule has 3 N–H and O–H groups in total. The van der Waals surface area contributed by atoms with Gasteiger partial charge in [-0.3, -0.25) is 14.7 Å². The number of carbonyl (C=O) groups is 2. The van der Waals surface area contributed by atoms with Gasteiger partial charge in [-0.05, 0) is 37.8 Å². The summed E-state index contributed by atoms with van der Waals surface area (Å²) in [6.07, 6.45) is 3.11. The zero-order chi connectivity index (χ0) is 17.1. The first-order valence-corrected chi connectivity index (χ1v) is 8.14. The maximum absolute atomic E-state index is 12.1. The van der Waals surface area contributed by atoms with Crippen molar-refractivity contribution in [1.29, 1.82) is 0 Å². The van der Waals surface area contributed by atoms with E-state index in [1.807, 2.05) is 13.0 Å². The molecule has 7 nitrogen and oxygen atoms in total. The van der Waals surface area contributed by atoms with Crippen molar-refractivity contribution in [3.63, 3.8) is 0 Å². The van der Waals surface area contributed by atoms with Crippen LogP contribution >= 0.6 is 0 Å². The van der Waals surface area contributed by atoms with Gasteiger partial charge in [-0.15, -0.1) is 0 Å². The van der Waals surface area contributed by atoms with E-state index in [-0.39, 0.29) is 6.04 Å². The molecular weight excluding hydrogens is 306 g/mol. The molecule has 7 heteroatoms. The molecule has 3 rings (SSSR count). The molecule has 1 aromatic heterocycles. The van der Waals surface area contributed by atoms with E-state index in [4.69, 9.17) is 0 Å². The quantitative estimate of drug-likeness (QED) is 0.751. The molecule has 0 bridgehead atoms. The second-order valence-electron chi connectivity index (χ2n) is 6.27. The number of hydrogen-bond donors (Lipinski definition) is 3. The highest BCUT2D eigenvalue weighted by atomic mass is 16.2. The number of rotatable bonds is 3. The summed E-state index contributed by atoms with van der Waals surface area (Å²) in [6.45, 7) is 3.91. The van der Waals surface area contributed by atoms with E-state index in [9.17, 15) is 9.59 Å². The largest absolute Gasteiger partial charge is 0.345 e. The molecular formula is C17H21N5O2. The molecule has 0 saturated heterocycles. The molecule has 1 aliphatic rings. The lowest BCUT2D eigenvalue weighted by molar-refractivity contribution is -0.136. The van der Waals surface area contributed by atoms with Crippen molar-refractivity contribution in [3.05, 3.63) is 30.1 Å². The van der Waals surface area contributed by atoms with Crippen molar-refractivity contribution in [1.82, 2.24) is 20.5 Å². The van der Waals surface area contributed by atoms with E-state index in [0.29, 0.717) is 23.3 Å². The van der Waals surface area contributed by atoms with Gasteiger partial charge in [0.15, 0.2) is 5.82 Å². The van der Waals surface area contributed by atoms with Crippen LogP contribution < -0.4 is 10.6 Å². The molecule has 0 aliphatic heterocycles. The Balaban J connectivity index is 1.65. The minimum absolute atomic E-state index is 0.0887. The van der Waals surface area contributed by atoms with Gasteiger partial charge in [-0.25, -0.2) is 4.98 Å². The van der Waals surface area contributed by atoms with Crippen LogP contribution in [0.4, 0.5) is 5.69 Å². The Morgan fingerprint density at radius 2 is 2.08 bits per heavy atom. The molecule has 1 heterocycles. The molecule has 2 atom stereocenters. The minimum Gasteiger partial charge on any atom is -0.345 e. The van der Waals surface area contributed by atoms with Crippen LogP contribution in [0.5, 0.6) is 0 Å². The van der Waals surface area contributed by atoms with Crippen LogP contribution in [-0.2, 0) is 9.59 Å². The minimum atomic E-state index is -0.655. The summed E-state index contributed by atoms with van der Waals surface area (Å²) in [5.41, 5.74) is 1.30. The lowest BCUT2D eigenvalue weighted by Crippen LogP contribution is -2.42. The molecule has 2 aromatic rings. The monoisotopic (exact) mass is 327 g/mol. The first-order chi connectivity index (χ1) is 11.5. The van der Waals surface area contributed by atoms with Crippen molar-refractivity contribution in [2.24, 2.45) is 5.92 Å². The standard InChI is InChI=1S/C17H21N5O2/c1-10-5-3-8-14(10)20-17(24)16(23)19-13-7-4-6-12(9-13)15-18-11(2)21-22-15/h4,6-7,9-10,14H,3,5,8H2,1-2H3,(H,19,23)(H,20,24)(H,18,21,22)/t10-,14+/m1/s1. The maximum Gasteiger partial charge on any atom is 0.313 e. The number of amides is 2. The summed E-state index contributed by atoms with van der Waals surface area (Å²) in [5.74, 6) is 0.432. The Kier molecular flexibility index (Phi) is 4.59. The number of benzene rings is 1. The number of anilines is 1. The molecule has 1 aliphatic carbocycles. The molecule has 0 radical (unpaired) electrons. The Hall–Kier alpha value is -2.70. The van der Waals surface area contributed by atoms with Crippen LogP contribution in [0.2, 0.25) is 0 Å². The smallest absolute Gasteiger partial charge is 0.313 e. The zero-order valence-corrected chi connectivity index (χ0v) is 13.8.